The van der Waals surface area contributed by atoms with Gasteiger partial charge >= 0.3 is 0 Å². The number of carbonyl (C=O) groups excluding carboxylic acids is 1. The third-order valence-corrected chi connectivity index (χ3v) is 4.90. The maximum Gasteiger partial charge on any atom is 0.295 e. The summed E-state index contributed by atoms with van der Waals surface area (Å²) in [6.45, 7) is 3.34. The Balaban J connectivity index is 1.83. The number of nitrogens with one attached hydrogen (secondary N) is 1. The molecule has 3 rings (SSSR count). The van der Waals surface area contributed by atoms with Crippen molar-refractivity contribution >= 4 is 34.8 Å². The molecule has 0 fully saturated rings. The number of benzene rings is 2. The second-order valence-electron chi connectivity index (χ2n) is 6.26. The van der Waals surface area contributed by atoms with Gasteiger partial charge < -0.3 is 10.1 Å². The first-order valence-corrected chi connectivity index (χ1v) is 9.31. The Labute approximate surface area is 172 Å². The van der Waals surface area contributed by atoms with Gasteiger partial charge in [0.1, 0.15) is 11.4 Å². The lowest BCUT2D eigenvalue weighted by atomic mass is 10.3. The molecule has 0 aliphatic rings. The van der Waals surface area contributed by atoms with E-state index in [1.54, 1.807) is 37.7 Å². The lowest BCUT2D eigenvalue weighted by Crippen LogP contribution is -2.32. The summed E-state index contributed by atoms with van der Waals surface area (Å²) in [7, 11) is 1.76. The standard InChI is InChI=1S/C20H19Cl2N3O3/c1-12-18(20(27)25(24(12)3)15-7-5-4-6-8-15)23-19(26)13(2)28-17-10-9-14(21)11-16(17)22/h4-11,13H,1-3H3,(H,23,26). The predicted molar refractivity (Wildman–Crippen MR) is 111 cm³/mol. The predicted octanol–water partition coefficient (Wildman–Crippen LogP) is 4.20. The van der Waals surface area contributed by atoms with Gasteiger partial charge in [-0.25, -0.2) is 4.68 Å². The summed E-state index contributed by atoms with van der Waals surface area (Å²) >= 11 is 12.0. The van der Waals surface area contributed by atoms with Crippen molar-refractivity contribution in [3.63, 3.8) is 0 Å². The van der Waals surface area contributed by atoms with Crippen molar-refractivity contribution in [2.45, 2.75) is 20.0 Å². The molecule has 0 radical (unpaired) electrons. The molecule has 28 heavy (non-hydrogen) atoms. The molecule has 0 spiro atoms. The van der Waals surface area contributed by atoms with E-state index in [0.29, 0.717) is 27.2 Å². The van der Waals surface area contributed by atoms with Gasteiger partial charge in [-0.3, -0.25) is 14.3 Å². The van der Waals surface area contributed by atoms with E-state index >= 15 is 0 Å². The van der Waals surface area contributed by atoms with Gasteiger partial charge in [0.05, 0.1) is 16.4 Å². The van der Waals surface area contributed by atoms with E-state index < -0.39 is 12.0 Å². The number of halogens is 2. The minimum atomic E-state index is -0.872. The van der Waals surface area contributed by atoms with E-state index in [9.17, 15) is 9.59 Å². The number of nitrogens with zero attached hydrogens (tertiary/aromatic N) is 2. The summed E-state index contributed by atoms with van der Waals surface area (Å²) in [5.41, 5.74) is 1.21. The Morgan fingerprint density at radius 2 is 1.82 bits per heavy atom. The number of rotatable bonds is 5. The Morgan fingerprint density at radius 3 is 2.46 bits per heavy atom. The lowest BCUT2D eigenvalue weighted by molar-refractivity contribution is -0.122. The largest absolute Gasteiger partial charge is 0.479 e. The molecule has 0 bridgehead atoms. The smallest absolute Gasteiger partial charge is 0.295 e. The number of amides is 1. The number of hydrogen-bond donors (Lipinski definition) is 1. The number of ether oxygens (including phenoxy) is 1. The highest BCUT2D eigenvalue weighted by Gasteiger charge is 2.22. The quantitative estimate of drug-likeness (QED) is 0.673. The minimum Gasteiger partial charge on any atom is -0.479 e. The minimum absolute atomic E-state index is 0.203. The van der Waals surface area contributed by atoms with Crippen LogP contribution in [0.4, 0.5) is 5.69 Å². The molecule has 1 N–H and O–H groups in total. The number of carbonyl (C=O) groups is 1. The van der Waals surface area contributed by atoms with E-state index in [2.05, 4.69) is 5.32 Å². The second-order valence-corrected chi connectivity index (χ2v) is 7.10. The zero-order chi connectivity index (χ0) is 20.4. The Morgan fingerprint density at radius 1 is 1.14 bits per heavy atom. The topological polar surface area (TPSA) is 65.3 Å². The van der Waals surface area contributed by atoms with Crippen molar-refractivity contribution in [3.8, 4) is 11.4 Å². The molecule has 1 aromatic heterocycles. The van der Waals surface area contributed by atoms with Crippen LogP contribution in [0, 0.1) is 6.92 Å². The number of aromatic nitrogens is 2. The molecule has 6 nitrogen and oxygen atoms in total. The van der Waals surface area contributed by atoms with Crippen molar-refractivity contribution in [2.24, 2.45) is 7.05 Å². The van der Waals surface area contributed by atoms with E-state index in [1.165, 1.54) is 10.7 Å². The van der Waals surface area contributed by atoms with Crippen LogP contribution in [0.25, 0.3) is 5.69 Å². The van der Waals surface area contributed by atoms with E-state index in [0.717, 1.165) is 0 Å². The molecule has 3 aromatic rings. The van der Waals surface area contributed by atoms with Crippen LogP contribution in [0.2, 0.25) is 10.0 Å². The fourth-order valence-electron chi connectivity index (χ4n) is 2.75. The van der Waals surface area contributed by atoms with Gasteiger partial charge in [0.15, 0.2) is 6.10 Å². The zero-order valence-corrected chi connectivity index (χ0v) is 17.1. The highest BCUT2D eigenvalue weighted by Crippen LogP contribution is 2.28. The van der Waals surface area contributed by atoms with Crippen LogP contribution in [0.5, 0.6) is 5.75 Å². The van der Waals surface area contributed by atoms with Crippen LogP contribution in [0.1, 0.15) is 12.6 Å². The van der Waals surface area contributed by atoms with E-state index in [1.807, 2.05) is 30.3 Å². The first-order valence-electron chi connectivity index (χ1n) is 8.56. The van der Waals surface area contributed by atoms with Crippen molar-refractivity contribution in [1.29, 1.82) is 0 Å². The molecular weight excluding hydrogens is 401 g/mol. The molecule has 0 aliphatic heterocycles. The average Bonchev–Trinajstić information content (AvgIpc) is 2.88. The number of hydrogen-bond acceptors (Lipinski definition) is 3. The molecule has 2 aromatic carbocycles. The van der Waals surface area contributed by atoms with Crippen molar-refractivity contribution in [2.75, 3.05) is 5.32 Å². The molecule has 0 saturated heterocycles. The van der Waals surface area contributed by atoms with E-state index in [-0.39, 0.29) is 11.2 Å². The summed E-state index contributed by atoms with van der Waals surface area (Å²) < 4.78 is 8.80. The molecule has 1 amide bonds. The summed E-state index contributed by atoms with van der Waals surface area (Å²) in [5, 5.41) is 3.44. The van der Waals surface area contributed by atoms with Crippen LogP contribution in [0.15, 0.2) is 53.3 Å². The first kappa shape index (κ1) is 20.0. The number of para-hydroxylation sites is 1. The van der Waals surface area contributed by atoms with Gasteiger partial charge in [0.25, 0.3) is 11.5 Å². The summed E-state index contributed by atoms with van der Waals surface area (Å²) in [4.78, 5) is 25.5. The van der Waals surface area contributed by atoms with Crippen LogP contribution in [-0.4, -0.2) is 21.4 Å². The molecule has 146 valence electrons. The fourth-order valence-corrected chi connectivity index (χ4v) is 3.20. The Hall–Kier alpha value is -2.70. The maximum atomic E-state index is 12.9. The van der Waals surface area contributed by atoms with Gasteiger partial charge in [0, 0.05) is 12.1 Å². The van der Waals surface area contributed by atoms with Gasteiger partial charge in [0.2, 0.25) is 0 Å². The van der Waals surface area contributed by atoms with Gasteiger partial charge in [-0.2, -0.15) is 0 Å². The Bertz CT molecular complexity index is 1070. The van der Waals surface area contributed by atoms with Crippen molar-refractivity contribution < 1.29 is 9.53 Å². The van der Waals surface area contributed by atoms with Gasteiger partial charge in [-0.1, -0.05) is 41.4 Å². The summed E-state index contributed by atoms with van der Waals surface area (Å²) in [6.07, 6.45) is -0.872. The third-order valence-electron chi connectivity index (χ3n) is 4.37. The summed E-state index contributed by atoms with van der Waals surface area (Å²) in [5.74, 6) is -0.128. The molecule has 8 heteroatoms. The van der Waals surface area contributed by atoms with Crippen molar-refractivity contribution in [1.82, 2.24) is 9.36 Å². The van der Waals surface area contributed by atoms with Crippen LogP contribution in [-0.2, 0) is 11.8 Å². The molecular formula is C20H19Cl2N3O3. The van der Waals surface area contributed by atoms with Crippen LogP contribution < -0.4 is 15.6 Å². The maximum absolute atomic E-state index is 12.9. The average molecular weight is 420 g/mol. The van der Waals surface area contributed by atoms with Gasteiger partial charge in [-0.15, -0.1) is 0 Å². The lowest BCUT2D eigenvalue weighted by Gasteiger charge is -2.15. The fraction of sp³-hybridized carbons (Fsp3) is 0.200. The summed E-state index contributed by atoms with van der Waals surface area (Å²) in [6, 6.07) is 13.9. The Kier molecular flexibility index (Phi) is 5.82. The van der Waals surface area contributed by atoms with E-state index in [4.69, 9.17) is 27.9 Å². The van der Waals surface area contributed by atoms with Crippen LogP contribution >= 0.6 is 23.2 Å². The molecule has 1 atom stereocenters. The zero-order valence-electron chi connectivity index (χ0n) is 15.6. The molecule has 0 saturated carbocycles. The normalized spacial score (nSPS) is 11.9. The molecule has 1 heterocycles. The van der Waals surface area contributed by atoms with Gasteiger partial charge in [-0.05, 0) is 44.2 Å². The SMILES string of the molecule is Cc1c(NC(=O)C(C)Oc2ccc(Cl)cc2Cl)c(=O)n(-c2ccccc2)n1C. The highest BCUT2D eigenvalue weighted by molar-refractivity contribution is 6.35. The molecule has 0 aliphatic carbocycles. The first-order chi connectivity index (χ1) is 13.3. The monoisotopic (exact) mass is 419 g/mol. The third kappa shape index (κ3) is 3.93. The van der Waals surface area contributed by atoms with Crippen molar-refractivity contribution in [3.05, 3.63) is 74.6 Å². The highest BCUT2D eigenvalue weighted by atomic mass is 35.5. The molecule has 1 unspecified atom stereocenters. The second kappa shape index (κ2) is 8.12. The van der Waals surface area contributed by atoms with Crippen LogP contribution in [0.3, 0.4) is 0 Å². The number of anilines is 1.